The molecule has 3 rings (SSSR count). The van der Waals surface area contributed by atoms with E-state index in [-0.39, 0.29) is 11.6 Å². The second-order valence-corrected chi connectivity index (χ2v) is 9.87. The van der Waals surface area contributed by atoms with E-state index >= 15 is 0 Å². The molecule has 2 aromatic carbocycles. The third kappa shape index (κ3) is 5.52. The molecule has 0 aliphatic carbocycles. The smallest absolute Gasteiger partial charge is 0.250 e. The van der Waals surface area contributed by atoms with Crippen molar-refractivity contribution in [3.05, 3.63) is 53.6 Å². The Morgan fingerprint density at radius 3 is 2.52 bits per heavy atom. The van der Waals surface area contributed by atoms with E-state index in [0.717, 1.165) is 21.9 Å². The highest BCUT2D eigenvalue weighted by molar-refractivity contribution is 7.92. The summed E-state index contributed by atoms with van der Waals surface area (Å²) in [5, 5.41) is 12.1. The first-order chi connectivity index (χ1) is 14.7. The number of ether oxygens (including phenoxy) is 1. The minimum atomic E-state index is -3.76. The van der Waals surface area contributed by atoms with Crippen molar-refractivity contribution in [1.29, 1.82) is 0 Å². The summed E-state index contributed by atoms with van der Waals surface area (Å²) in [6.07, 6.45) is 1.30. The van der Waals surface area contributed by atoms with Gasteiger partial charge in [0.25, 0.3) is 0 Å². The molecule has 0 aliphatic heterocycles. The van der Waals surface area contributed by atoms with Crippen LogP contribution in [0.3, 0.4) is 0 Å². The average Bonchev–Trinajstić information content (AvgIpc) is 3.19. The molecule has 0 radical (unpaired) electrons. The van der Waals surface area contributed by atoms with E-state index in [4.69, 9.17) is 16.3 Å². The molecule has 0 fully saturated rings. The highest BCUT2D eigenvalue weighted by Gasteiger charge is 2.32. The molecule has 8 nitrogen and oxygen atoms in total. The van der Waals surface area contributed by atoms with Crippen molar-refractivity contribution in [1.82, 2.24) is 10.2 Å². The number of amides is 1. The molecule has 1 N–H and O–H groups in total. The summed E-state index contributed by atoms with van der Waals surface area (Å²) in [7, 11) is -2.17. The lowest BCUT2D eigenvalue weighted by Gasteiger charge is -2.29. The Labute approximate surface area is 189 Å². The maximum Gasteiger partial charge on any atom is 0.250 e. The summed E-state index contributed by atoms with van der Waals surface area (Å²) in [5.74, 6) is 0.208. The predicted octanol–water partition coefficient (Wildman–Crippen LogP) is 4.05. The number of halogens is 1. The topological polar surface area (TPSA) is 101 Å². The number of carbonyl (C=O) groups is 1. The van der Waals surface area contributed by atoms with Crippen LogP contribution in [0.1, 0.15) is 13.3 Å². The van der Waals surface area contributed by atoms with E-state index in [1.165, 1.54) is 17.4 Å². The highest BCUT2D eigenvalue weighted by Crippen LogP contribution is 2.29. The normalized spacial score (nSPS) is 12.3. The number of carbonyl (C=O) groups excluding carboxylic acids is 1. The Kier molecular flexibility index (Phi) is 7.14. The van der Waals surface area contributed by atoms with Crippen LogP contribution >= 0.6 is 22.9 Å². The molecular weight excluding hydrogens is 460 g/mol. The van der Waals surface area contributed by atoms with Gasteiger partial charge in [0.05, 0.1) is 19.1 Å². The fourth-order valence-corrected chi connectivity index (χ4v) is 5.13. The maximum absolute atomic E-state index is 13.0. The molecule has 31 heavy (non-hydrogen) atoms. The van der Waals surface area contributed by atoms with E-state index in [0.29, 0.717) is 15.7 Å². The van der Waals surface area contributed by atoms with Crippen LogP contribution in [0.15, 0.2) is 48.5 Å². The third-order valence-corrected chi connectivity index (χ3v) is 6.69. The molecule has 0 saturated heterocycles. The predicted molar refractivity (Wildman–Crippen MR) is 123 cm³/mol. The van der Waals surface area contributed by atoms with Gasteiger partial charge in [-0.3, -0.25) is 14.4 Å². The van der Waals surface area contributed by atoms with Gasteiger partial charge in [-0.25, -0.2) is 8.42 Å². The lowest BCUT2D eigenvalue weighted by atomic mass is 10.2. The zero-order chi connectivity index (χ0) is 22.6. The summed E-state index contributed by atoms with van der Waals surface area (Å²) >= 11 is 7.22. The second-order valence-electron chi connectivity index (χ2n) is 6.59. The zero-order valence-electron chi connectivity index (χ0n) is 17.1. The van der Waals surface area contributed by atoms with Crippen molar-refractivity contribution in [2.24, 2.45) is 0 Å². The van der Waals surface area contributed by atoms with Gasteiger partial charge in [0.1, 0.15) is 16.8 Å². The second kappa shape index (κ2) is 9.63. The van der Waals surface area contributed by atoms with Gasteiger partial charge in [-0.1, -0.05) is 35.9 Å². The van der Waals surface area contributed by atoms with E-state index in [1.54, 1.807) is 44.4 Å². The summed E-state index contributed by atoms with van der Waals surface area (Å²) in [6, 6.07) is 12.7. The SMILES string of the molecule is CCC(C(=O)Nc1nnc(-c2ccc(OC)cc2)s1)N(c1cccc(Cl)c1)S(C)(=O)=O. The number of nitrogens with one attached hydrogen (secondary N) is 1. The van der Waals surface area contributed by atoms with Crippen LogP contribution in [0.5, 0.6) is 5.75 Å². The zero-order valence-corrected chi connectivity index (χ0v) is 19.5. The Bertz CT molecular complexity index is 1170. The van der Waals surface area contributed by atoms with Crippen molar-refractivity contribution in [2.45, 2.75) is 19.4 Å². The van der Waals surface area contributed by atoms with E-state index in [2.05, 4.69) is 15.5 Å². The van der Waals surface area contributed by atoms with Gasteiger partial charge in [-0.05, 0) is 48.9 Å². The first kappa shape index (κ1) is 23.0. The molecular formula is C20H21ClN4O4S2. The van der Waals surface area contributed by atoms with Crippen molar-refractivity contribution < 1.29 is 17.9 Å². The van der Waals surface area contributed by atoms with Crippen LogP contribution in [0.25, 0.3) is 10.6 Å². The van der Waals surface area contributed by atoms with Crippen molar-refractivity contribution in [3.8, 4) is 16.3 Å². The number of hydrogen-bond acceptors (Lipinski definition) is 7. The molecule has 1 heterocycles. The average molecular weight is 481 g/mol. The van der Waals surface area contributed by atoms with Crippen LogP contribution in [0.4, 0.5) is 10.8 Å². The molecule has 3 aromatic rings. The summed E-state index contributed by atoms with van der Waals surface area (Å²) in [5.41, 5.74) is 1.13. The largest absolute Gasteiger partial charge is 0.497 e. The van der Waals surface area contributed by atoms with Gasteiger partial charge < -0.3 is 4.74 Å². The van der Waals surface area contributed by atoms with Crippen molar-refractivity contribution >= 4 is 49.7 Å². The molecule has 1 atom stereocenters. The molecule has 1 unspecified atom stereocenters. The van der Waals surface area contributed by atoms with Gasteiger partial charge in [0.15, 0.2) is 0 Å². The van der Waals surface area contributed by atoms with Gasteiger partial charge in [0, 0.05) is 10.6 Å². The van der Waals surface area contributed by atoms with Gasteiger partial charge in [0.2, 0.25) is 21.1 Å². The minimum absolute atomic E-state index is 0.246. The first-order valence-electron chi connectivity index (χ1n) is 9.26. The summed E-state index contributed by atoms with van der Waals surface area (Å²) < 4.78 is 31.2. The number of anilines is 2. The molecule has 164 valence electrons. The van der Waals surface area contributed by atoms with Crippen LogP contribution in [-0.4, -0.2) is 43.9 Å². The minimum Gasteiger partial charge on any atom is -0.497 e. The van der Waals surface area contributed by atoms with Crippen LogP contribution in [0.2, 0.25) is 5.02 Å². The fraction of sp³-hybridized carbons (Fsp3) is 0.250. The van der Waals surface area contributed by atoms with Crippen LogP contribution in [0, 0.1) is 0 Å². The van der Waals surface area contributed by atoms with E-state index in [1.807, 2.05) is 12.1 Å². The van der Waals surface area contributed by atoms with Crippen LogP contribution in [-0.2, 0) is 14.8 Å². The van der Waals surface area contributed by atoms with E-state index < -0.39 is 22.0 Å². The Balaban J connectivity index is 1.84. The molecule has 0 aliphatic rings. The summed E-state index contributed by atoms with van der Waals surface area (Å²) in [4.78, 5) is 13.0. The van der Waals surface area contributed by atoms with Crippen molar-refractivity contribution in [3.63, 3.8) is 0 Å². The maximum atomic E-state index is 13.0. The lowest BCUT2D eigenvalue weighted by molar-refractivity contribution is -0.117. The third-order valence-electron chi connectivity index (χ3n) is 4.38. The van der Waals surface area contributed by atoms with E-state index in [9.17, 15) is 13.2 Å². The molecule has 0 bridgehead atoms. The molecule has 1 aromatic heterocycles. The number of aromatic nitrogens is 2. The van der Waals surface area contributed by atoms with Crippen molar-refractivity contribution in [2.75, 3.05) is 23.0 Å². The molecule has 11 heteroatoms. The highest BCUT2D eigenvalue weighted by atomic mass is 35.5. The summed E-state index contributed by atoms with van der Waals surface area (Å²) in [6.45, 7) is 1.73. The van der Waals surface area contributed by atoms with Gasteiger partial charge >= 0.3 is 0 Å². The van der Waals surface area contributed by atoms with Crippen LogP contribution < -0.4 is 14.4 Å². The standard InChI is InChI=1S/C20H21ClN4O4S2/c1-4-17(25(31(3,27)28)15-7-5-6-14(21)12-15)18(26)22-20-24-23-19(30-20)13-8-10-16(29-2)11-9-13/h5-12,17H,4H2,1-3H3,(H,22,24,26). The number of benzene rings is 2. The molecule has 1 amide bonds. The number of sulfonamides is 1. The number of methoxy groups -OCH3 is 1. The number of hydrogen-bond donors (Lipinski definition) is 1. The number of nitrogens with zero attached hydrogens (tertiary/aromatic N) is 3. The molecule has 0 saturated carbocycles. The Morgan fingerprint density at radius 1 is 1.23 bits per heavy atom. The Hall–Kier alpha value is -2.69. The Morgan fingerprint density at radius 2 is 1.94 bits per heavy atom. The lowest BCUT2D eigenvalue weighted by Crippen LogP contribution is -2.47. The quantitative estimate of drug-likeness (QED) is 0.522. The van der Waals surface area contributed by atoms with Gasteiger partial charge in [-0.2, -0.15) is 0 Å². The van der Waals surface area contributed by atoms with Gasteiger partial charge in [-0.15, -0.1) is 10.2 Å². The fourth-order valence-electron chi connectivity index (χ4n) is 2.99. The first-order valence-corrected chi connectivity index (χ1v) is 12.3. The molecule has 0 spiro atoms. The number of rotatable bonds is 8. The monoisotopic (exact) mass is 480 g/mol.